The fourth-order valence-electron chi connectivity index (χ4n) is 0.589. The molecule has 0 aliphatic rings. The molecule has 0 N–H and O–H groups in total. The normalized spacial score (nSPS) is 7.93. The van der Waals surface area contributed by atoms with Crippen LogP contribution in [0.25, 0.3) is 0 Å². The number of carbonyl (C=O) groups excluding carboxylic acids is 1. The molecule has 1 nitrogen and oxygen atoms in total. The summed E-state index contributed by atoms with van der Waals surface area (Å²) in [5, 5.41) is 0. The largest absolute Gasteiger partial charge is 0.295 e. The van der Waals surface area contributed by atoms with Crippen molar-refractivity contribution in [1.29, 1.82) is 0 Å². The summed E-state index contributed by atoms with van der Waals surface area (Å²) >= 11 is 0. The lowest BCUT2D eigenvalue weighted by Crippen LogP contribution is -2.00. The summed E-state index contributed by atoms with van der Waals surface area (Å²) in [7, 11) is 0. The van der Waals surface area contributed by atoms with E-state index in [-0.39, 0.29) is 11.7 Å². The SMILES string of the molecule is C=CC(=O)C(C)C.CC.CCCCC. The molecule has 0 bridgehead atoms. The van der Waals surface area contributed by atoms with Crippen LogP contribution in [0.3, 0.4) is 0 Å². The quantitative estimate of drug-likeness (QED) is 0.605. The summed E-state index contributed by atoms with van der Waals surface area (Å²) in [4.78, 5) is 10.4. The van der Waals surface area contributed by atoms with Gasteiger partial charge in [0.2, 0.25) is 0 Å². The number of hydrogen-bond acceptors (Lipinski definition) is 1. The first-order valence-corrected chi connectivity index (χ1v) is 5.76. The molecule has 0 aliphatic carbocycles. The van der Waals surface area contributed by atoms with E-state index in [0.717, 1.165) is 0 Å². The first-order valence-electron chi connectivity index (χ1n) is 5.76. The van der Waals surface area contributed by atoms with Gasteiger partial charge in [0.05, 0.1) is 0 Å². The molecule has 0 atom stereocenters. The monoisotopic (exact) mass is 200 g/mol. The fraction of sp³-hybridized carbons (Fsp3) is 0.769. The van der Waals surface area contributed by atoms with Gasteiger partial charge in [0.15, 0.2) is 5.78 Å². The Balaban J connectivity index is -0.000000152. The maximum Gasteiger partial charge on any atom is 0.157 e. The lowest BCUT2D eigenvalue weighted by molar-refractivity contribution is -0.117. The minimum Gasteiger partial charge on any atom is -0.295 e. The van der Waals surface area contributed by atoms with Crippen LogP contribution in [0.1, 0.15) is 60.8 Å². The second-order valence-corrected chi connectivity index (χ2v) is 3.11. The maximum absolute atomic E-state index is 10.4. The van der Waals surface area contributed by atoms with Crippen LogP contribution in [0.4, 0.5) is 0 Å². The van der Waals surface area contributed by atoms with Gasteiger partial charge in [-0.3, -0.25) is 4.79 Å². The van der Waals surface area contributed by atoms with E-state index >= 15 is 0 Å². The molecule has 0 amide bonds. The van der Waals surface area contributed by atoms with Crippen LogP contribution in [0, 0.1) is 5.92 Å². The second kappa shape index (κ2) is 18.2. The van der Waals surface area contributed by atoms with Gasteiger partial charge in [-0.15, -0.1) is 0 Å². The van der Waals surface area contributed by atoms with Crippen LogP contribution in [0.5, 0.6) is 0 Å². The Morgan fingerprint density at radius 1 is 1.21 bits per heavy atom. The molecular weight excluding hydrogens is 172 g/mol. The summed E-state index contributed by atoms with van der Waals surface area (Å²) in [5.74, 6) is 0.220. The van der Waals surface area contributed by atoms with Crippen molar-refractivity contribution < 1.29 is 4.79 Å². The van der Waals surface area contributed by atoms with Gasteiger partial charge in [-0.2, -0.15) is 0 Å². The molecule has 0 radical (unpaired) electrons. The lowest BCUT2D eigenvalue weighted by atomic mass is 10.1. The molecule has 0 heterocycles. The highest BCUT2D eigenvalue weighted by Crippen LogP contribution is 1.92. The first kappa shape index (κ1) is 19.1. The van der Waals surface area contributed by atoms with E-state index in [2.05, 4.69) is 20.4 Å². The molecule has 0 aromatic carbocycles. The standard InChI is InChI=1S/C6H10O.C5H12.C2H6/c1-4-6(7)5(2)3;1-3-5-4-2;1-2/h4-5H,1H2,2-3H3;3-5H2,1-2H3;1-2H3. The minimum absolute atomic E-state index is 0.109. The van der Waals surface area contributed by atoms with Crippen molar-refractivity contribution in [2.75, 3.05) is 0 Å². The highest BCUT2D eigenvalue weighted by molar-refractivity contribution is 5.90. The molecule has 14 heavy (non-hydrogen) atoms. The zero-order valence-corrected chi connectivity index (χ0v) is 10.9. The van der Waals surface area contributed by atoms with Gasteiger partial charge in [0, 0.05) is 5.92 Å². The van der Waals surface area contributed by atoms with Crippen LogP contribution in [-0.4, -0.2) is 5.78 Å². The van der Waals surface area contributed by atoms with Crippen molar-refractivity contribution in [1.82, 2.24) is 0 Å². The predicted octanol–water partition coefficient (Wildman–Crippen LogP) is 4.62. The molecule has 0 aromatic rings. The number of unbranched alkanes of at least 4 members (excludes halogenated alkanes) is 2. The van der Waals surface area contributed by atoms with E-state index in [4.69, 9.17) is 0 Å². The summed E-state index contributed by atoms with van der Waals surface area (Å²) in [5.41, 5.74) is 0. The molecule has 0 aromatic heterocycles. The zero-order valence-electron chi connectivity index (χ0n) is 10.9. The molecule has 1 heteroatoms. The Kier molecular flexibility index (Phi) is 24.8. The lowest BCUT2D eigenvalue weighted by Gasteiger charge is -1.92. The Morgan fingerprint density at radius 3 is 1.57 bits per heavy atom. The smallest absolute Gasteiger partial charge is 0.157 e. The van der Waals surface area contributed by atoms with Crippen molar-refractivity contribution in [3.8, 4) is 0 Å². The van der Waals surface area contributed by atoms with E-state index in [1.807, 2.05) is 27.7 Å². The summed E-state index contributed by atoms with van der Waals surface area (Å²) in [6, 6.07) is 0. The van der Waals surface area contributed by atoms with Crippen molar-refractivity contribution >= 4 is 5.78 Å². The highest BCUT2D eigenvalue weighted by Gasteiger charge is 1.98. The van der Waals surface area contributed by atoms with Gasteiger partial charge < -0.3 is 0 Å². The van der Waals surface area contributed by atoms with Crippen molar-refractivity contribution in [2.45, 2.75) is 60.8 Å². The van der Waals surface area contributed by atoms with Gasteiger partial charge in [0.25, 0.3) is 0 Å². The van der Waals surface area contributed by atoms with Gasteiger partial charge in [-0.25, -0.2) is 0 Å². The zero-order chi connectivity index (χ0) is 12.0. The third-order valence-corrected chi connectivity index (χ3v) is 1.48. The molecule has 86 valence electrons. The summed E-state index contributed by atoms with van der Waals surface area (Å²) in [6.45, 7) is 15.5. The second-order valence-electron chi connectivity index (χ2n) is 3.11. The van der Waals surface area contributed by atoms with Crippen LogP contribution >= 0.6 is 0 Å². The molecule has 0 saturated carbocycles. The highest BCUT2D eigenvalue weighted by atomic mass is 16.1. The number of rotatable bonds is 4. The number of carbonyl (C=O) groups is 1. The summed E-state index contributed by atoms with van der Waals surface area (Å²) in [6.07, 6.45) is 5.43. The van der Waals surface area contributed by atoms with E-state index in [1.165, 1.54) is 25.3 Å². The van der Waals surface area contributed by atoms with E-state index in [0.29, 0.717) is 0 Å². The first-order chi connectivity index (χ1) is 6.59. The Labute approximate surface area is 90.6 Å². The van der Waals surface area contributed by atoms with Crippen LogP contribution in [0.15, 0.2) is 12.7 Å². The predicted molar refractivity (Wildman–Crippen MR) is 66.6 cm³/mol. The Hall–Kier alpha value is -0.590. The third-order valence-electron chi connectivity index (χ3n) is 1.48. The summed E-state index contributed by atoms with van der Waals surface area (Å²) < 4.78 is 0. The fourth-order valence-corrected chi connectivity index (χ4v) is 0.589. The van der Waals surface area contributed by atoms with Gasteiger partial charge >= 0.3 is 0 Å². The van der Waals surface area contributed by atoms with Crippen LogP contribution in [0.2, 0.25) is 0 Å². The van der Waals surface area contributed by atoms with E-state index in [1.54, 1.807) is 0 Å². The van der Waals surface area contributed by atoms with E-state index < -0.39 is 0 Å². The van der Waals surface area contributed by atoms with Gasteiger partial charge in [-0.1, -0.05) is 67.4 Å². The number of allylic oxidation sites excluding steroid dienone is 1. The molecular formula is C13H28O. The average molecular weight is 200 g/mol. The Morgan fingerprint density at radius 2 is 1.57 bits per heavy atom. The Bertz CT molecular complexity index is 112. The van der Waals surface area contributed by atoms with Gasteiger partial charge in [-0.05, 0) is 6.08 Å². The van der Waals surface area contributed by atoms with Crippen LogP contribution in [-0.2, 0) is 4.79 Å². The number of hydrogen-bond donors (Lipinski definition) is 0. The van der Waals surface area contributed by atoms with E-state index in [9.17, 15) is 4.79 Å². The molecule has 0 fully saturated rings. The molecule has 0 aliphatic heterocycles. The molecule has 0 rings (SSSR count). The average Bonchev–Trinajstić information content (AvgIpc) is 2.21. The minimum atomic E-state index is 0.109. The van der Waals surface area contributed by atoms with Crippen LogP contribution < -0.4 is 0 Å². The van der Waals surface area contributed by atoms with Gasteiger partial charge in [0.1, 0.15) is 0 Å². The maximum atomic E-state index is 10.4. The molecule has 0 unspecified atom stereocenters. The number of ketones is 1. The third kappa shape index (κ3) is 22.5. The molecule has 0 spiro atoms. The van der Waals surface area contributed by atoms with Crippen molar-refractivity contribution in [3.63, 3.8) is 0 Å². The molecule has 0 saturated heterocycles. The topological polar surface area (TPSA) is 17.1 Å². The van der Waals surface area contributed by atoms with Crippen molar-refractivity contribution in [3.05, 3.63) is 12.7 Å². The van der Waals surface area contributed by atoms with Crippen molar-refractivity contribution in [2.24, 2.45) is 5.92 Å².